The maximum Gasteiger partial charge on any atom is 0.255 e. The molecule has 4 rings (SSSR count). The fraction of sp³-hybridized carbons (Fsp3) is 0.353. The van der Waals surface area contributed by atoms with Gasteiger partial charge in [0.15, 0.2) is 0 Å². The largest absolute Gasteiger partial charge is 0.381 e. The molecule has 0 aliphatic carbocycles. The predicted molar refractivity (Wildman–Crippen MR) is 88.6 cm³/mol. The molecule has 0 saturated carbocycles. The van der Waals surface area contributed by atoms with Crippen LogP contribution in [0.3, 0.4) is 0 Å². The van der Waals surface area contributed by atoms with Crippen LogP contribution in [-0.4, -0.2) is 38.9 Å². The van der Waals surface area contributed by atoms with E-state index in [1.165, 1.54) is 0 Å². The van der Waals surface area contributed by atoms with Gasteiger partial charge in [0, 0.05) is 25.8 Å². The van der Waals surface area contributed by atoms with Crippen LogP contribution < -0.4 is 5.32 Å². The standard InChI is InChI=1S/C17H19N5O2/c1-22-9-12(16(21-22)11-6-7-24-10-11)17(23)18-8-15-19-13-4-2-3-5-14(13)20-15/h2-5,9,11H,6-8,10H2,1H3,(H,18,23)(H,19,20)/t11-/m0/s1. The minimum atomic E-state index is -0.134. The first-order valence-corrected chi connectivity index (χ1v) is 8.04. The number of carbonyl (C=O) groups is 1. The molecule has 3 aromatic rings. The summed E-state index contributed by atoms with van der Waals surface area (Å²) in [6, 6.07) is 7.80. The summed E-state index contributed by atoms with van der Waals surface area (Å²) in [4.78, 5) is 20.3. The molecule has 0 spiro atoms. The lowest BCUT2D eigenvalue weighted by Gasteiger charge is -2.07. The summed E-state index contributed by atoms with van der Waals surface area (Å²) in [7, 11) is 1.83. The maximum atomic E-state index is 12.6. The monoisotopic (exact) mass is 325 g/mol. The molecular formula is C17H19N5O2. The molecule has 1 aliphatic heterocycles. The van der Waals surface area contributed by atoms with Crippen molar-refractivity contribution in [2.24, 2.45) is 7.05 Å². The van der Waals surface area contributed by atoms with Crippen LogP contribution in [0.1, 0.15) is 34.2 Å². The van der Waals surface area contributed by atoms with E-state index in [1.807, 2.05) is 31.3 Å². The number of hydrogen-bond acceptors (Lipinski definition) is 4. The molecule has 1 saturated heterocycles. The van der Waals surface area contributed by atoms with Crippen LogP contribution in [0.25, 0.3) is 11.0 Å². The SMILES string of the molecule is Cn1cc(C(=O)NCc2nc3ccccc3[nH]2)c([C@H]2CCOC2)n1. The van der Waals surface area contributed by atoms with Crippen LogP contribution >= 0.6 is 0 Å². The number of imidazole rings is 1. The number of fused-ring (bicyclic) bond motifs is 1. The van der Waals surface area contributed by atoms with Gasteiger partial charge in [-0.15, -0.1) is 0 Å². The van der Waals surface area contributed by atoms with Gasteiger partial charge >= 0.3 is 0 Å². The summed E-state index contributed by atoms with van der Waals surface area (Å²) in [6.45, 7) is 1.70. The number of aromatic nitrogens is 4. The summed E-state index contributed by atoms with van der Waals surface area (Å²) in [5.41, 5.74) is 3.29. The second-order valence-electron chi connectivity index (χ2n) is 6.05. The third kappa shape index (κ3) is 2.78. The number of benzene rings is 1. The van der Waals surface area contributed by atoms with Crippen molar-refractivity contribution in [1.82, 2.24) is 25.1 Å². The Labute approximate surface area is 139 Å². The number of aryl methyl sites for hydroxylation is 1. The van der Waals surface area contributed by atoms with Crippen molar-refractivity contribution in [1.29, 1.82) is 0 Å². The van der Waals surface area contributed by atoms with Crippen molar-refractivity contribution in [2.45, 2.75) is 18.9 Å². The minimum absolute atomic E-state index is 0.134. The van der Waals surface area contributed by atoms with Crippen LogP contribution in [0, 0.1) is 0 Å². The van der Waals surface area contributed by atoms with Crippen LogP contribution in [0.2, 0.25) is 0 Å². The Balaban J connectivity index is 1.50. The van der Waals surface area contributed by atoms with E-state index in [1.54, 1.807) is 10.9 Å². The van der Waals surface area contributed by atoms with Gasteiger partial charge in [-0.1, -0.05) is 12.1 Å². The molecule has 1 atom stereocenters. The molecule has 1 fully saturated rings. The maximum absolute atomic E-state index is 12.6. The topological polar surface area (TPSA) is 84.8 Å². The summed E-state index contributed by atoms with van der Waals surface area (Å²) in [5, 5.41) is 7.38. The normalized spacial score (nSPS) is 17.5. The number of hydrogen-bond donors (Lipinski definition) is 2. The Morgan fingerprint density at radius 1 is 1.46 bits per heavy atom. The van der Waals surface area contributed by atoms with Gasteiger partial charge in [0.2, 0.25) is 0 Å². The lowest BCUT2D eigenvalue weighted by atomic mass is 10.0. The number of nitrogens with one attached hydrogen (secondary N) is 2. The van der Waals surface area contributed by atoms with E-state index in [0.29, 0.717) is 18.7 Å². The predicted octanol–water partition coefficient (Wildman–Crippen LogP) is 1.73. The van der Waals surface area contributed by atoms with Gasteiger partial charge in [-0.05, 0) is 18.6 Å². The Morgan fingerprint density at radius 3 is 3.12 bits per heavy atom. The lowest BCUT2D eigenvalue weighted by molar-refractivity contribution is 0.0948. The molecule has 3 heterocycles. The second kappa shape index (κ2) is 6.09. The number of para-hydroxylation sites is 2. The highest BCUT2D eigenvalue weighted by atomic mass is 16.5. The smallest absolute Gasteiger partial charge is 0.255 e. The van der Waals surface area contributed by atoms with Gasteiger partial charge in [-0.3, -0.25) is 9.48 Å². The molecule has 1 aliphatic rings. The van der Waals surface area contributed by atoms with Crippen LogP contribution in [0.4, 0.5) is 0 Å². The number of nitrogens with zero attached hydrogens (tertiary/aromatic N) is 3. The molecule has 0 radical (unpaired) electrons. The third-order valence-electron chi connectivity index (χ3n) is 4.27. The number of H-pyrrole nitrogens is 1. The average molecular weight is 325 g/mol. The van der Waals surface area contributed by atoms with Gasteiger partial charge in [0.05, 0.1) is 35.4 Å². The summed E-state index contributed by atoms with van der Waals surface area (Å²) in [6.07, 6.45) is 2.67. The molecule has 124 valence electrons. The Bertz CT molecular complexity index is 843. The molecule has 1 aromatic carbocycles. The Morgan fingerprint density at radius 2 is 2.33 bits per heavy atom. The quantitative estimate of drug-likeness (QED) is 0.765. The van der Waals surface area contributed by atoms with E-state index < -0.39 is 0 Å². The van der Waals surface area contributed by atoms with E-state index in [4.69, 9.17) is 4.74 Å². The Kier molecular flexibility index (Phi) is 3.78. The fourth-order valence-corrected chi connectivity index (χ4v) is 3.08. The van der Waals surface area contributed by atoms with Gasteiger partial charge in [-0.25, -0.2) is 4.98 Å². The molecule has 2 aromatic heterocycles. The number of rotatable bonds is 4. The molecule has 7 heteroatoms. The van der Waals surface area contributed by atoms with Crippen LogP contribution in [0.15, 0.2) is 30.5 Å². The van der Waals surface area contributed by atoms with Gasteiger partial charge in [0.25, 0.3) is 5.91 Å². The van der Waals surface area contributed by atoms with E-state index in [2.05, 4.69) is 20.4 Å². The van der Waals surface area contributed by atoms with E-state index in [-0.39, 0.29) is 11.8 Å². The first-order valence-electron chi connectivity index (χ1n) is 8.04. The van der Waals surface area contributed by atoms with Crippen molar-refractivity contribution < 1.29 is 9.53 Å². The zero-order valence-electron chi connectivity index (χ0n) is 13.5. The molecule has 2 N–H and O–H groups in total. The Hall–Kier alpha value is -2.67. The van der Waals surface area contributed by atoms with Gasteiger partial charge in [0.1, 0.15) is 5.82 Å². The molecular weight excluding hydrogens is 306 g/mol. The molecule has 0 bridgehead atoms. The average Bonchev–Trinajstić information content (AvgIpc) is 3.30. The minimum Gasteiger partial charge on any atom is -0.381 e. The highest BCUT2D eigenvalue weighted by molar-refractivity contribution is 5.95. The van der Waals surface area contributed by atoms with Crippen molar-refractivity contribution in [2.75, 3.05) is 13.2 Å². The third-order valence-corrected chi connectivity index (χ3v) is 4.27. The summed E-state index contributed by atoms with van der Waals surface area (Å²) < 4.78 is 7.11. The van der Waals surface area contributed by atoms with Gasteiger partial charge < -0.3 is 15.0 Å². The highest BCUT2D eigenvalue weighted by Gasteiger charge is 2.26. The molecule has 0 unspecified atom stereocenters. The van der Waals surface area contributed by atoms with Crippen molar-refractivity contribution in [3.63, 3.8) is 0 Å². The number of amides is 1. The lowest BCUT2D eigenvalue weighted by Crippen LogP contribution is -2.24. The first-order chi connectivity index (χ1) is 11.7. The van der Waals surface area contributed by atoms with E-state index in [0.717, 1.165) is 35.6 Å². The summed E-state index contributed by atoms with van der Waals surface area (Å²) in [5.74, 6) is 0.794. The zero-order valence-corrected chi connectivity index (χ0v) is 13.5. The van der Waals surface area contributed by atoms with Crippen molar-refractivity contribution >= 4 is 16.9 Å². The molecule has 7 nitrogen and oxygen atoms in total. The number of aromatic amines is 1. The van der Waals surface area contributed by atoms with Crippen LogP contribution in [-0.2, 0) is 18.3 Å². The number of ether oxygens (including phenoxy) is 1. The van der Waals surface area contributed by atoms with E-state index in [9.17, 15) is 4.79 Å². The number of carbonyl (C=O) groups excluding carboxylic acids is 1. The van der Waals surface area contributed by atoms with E-state index >= 15 is 0 Å². The van der Waals surface area contributed by atoms with Gasteiger partial charge in [-0.2, -0.15) is 5.10 Å². The van der Waals surface area contributed by atoms with Crippen molar-refractivity contribution in [3.05, 3.63) is 47.5 Å². The highest BCUT2D eigenvalue weighted by Crippen LogP contribution is 2.26. The molecule has 24 heavy (non-hydrogen) atoms. The second-order valence-corrected chi connectivity index (χ2v) is 6.05. The van der Waals surface area contributed by atoms with Crippen molar-refractivity contribution in [3.8, 4) is 0 Å². The zero-order chi connectivity index (χ0) is 16.5. The fourth-order valence-electron chi connectivity index (χ4n) is 3.08. The molecule has 1 amide bonds. The summed E-state index contributed by atoms with van der Waals surface area (Å²) >= 11 is 0. The first kappa shape index (κ1) is 14.9. The van der Waals surface area contributed by atoms with Crippen LogP contribution in [0.5, 0.6) is 0 Å².